The van der Waals surface area contributed by atoms with Gasteiger partial charge in [0.05, 0.1) is 0 Å². The van der Waals surface area contributed by atoms with Gasteiger partial charge in [0.25, 0.3) is 5.91 Å². The van der Waals surface area contributed by atoms with Gasteiger partial charge in [-0.05, 0) is 75.4 Å². The Balaban J connectivity index is 1.98. The lowest BCUT2D eigenvalue weighted by Crippen LogP contribution is -2.48. The molecule has 4 nitrogen and oxygen atoms in total. The summed E-state index contributed by atoms with van der Waals surface area (Å²) in [6.45, 7) is 11.2. The highest BCUT2D eigenvalue weighted by molar-refractivity contribution is 6.10. The van der Waals surface area contributed by atoms with E-state index < -0.39 is 11.7 Å². The Labute approximate surface area is 178 Å². The van der Waals surface area contributed by atoms with Gasteiger partial charge < -0.3 is 10.2 Å². The topological polar surface area (TPSA) is 56.1 Å². The molecule has 0 bridgehead atoms. The minimum Gasteiger partial charge on any atom is -0.366 e. The molecule has 1 aliphatic rings. The van der Waals surface area contributed by atoms with E-state index in [1.54, 1.807) is 12.1 Å². The molecule has 0 radical (unpaired) electrons. The van der Waals surface area contributed by atoms with Gasteiger partial charge in [-0.3, -0.25) is 4.79 Å². The van der Waals surface area contributed by atoms with E-state index >= 15 is 4.39 Å². The van der Waals surface area contributed by atoms with Crippen LogP contribution >= 0.6 is 0 Å². The van der Waals surface area contributed by atoms with E-state index in [1.807, 2.05) is 31.2 Å². The number of carbonyl (C=O) groups excluding carboxylic acids is 1. The SMILES string of the molecule is CCN1c2cc(F)c(/C=C(\C#N)C(=O)Nc3ccccc3C)cc2C(C)CC1(C)C. The lowest BCUT2D eigenvalue weighted by Gasteiger charge is -2.47. The number of rotatable bonds is 4. The van der Waals surface area contributed by atoms with Crippen LogP contribution in [0, 0.1) is 24.1 Å². The Bertz CT molecular complexity index is 1050. The molecule has 0 saturated heterocycles. The Morgan fingerprint density at radius 2 is 2.07 bits per heavy atom. The lowest BCUT2D eigenvalue weighted by molar-refractivity contribution is -0.112. The Morgan fingerprint density at radius 3 is 2.70 bits per heavy atom. The number of benzene rings is 2. The first-order valence-corrected chi connectivity index (χ1v) is 10.3. The fourth-order valence-electron chi connectivity index (χ4n) is 4.44. The van der Waals surface area contributed by atoms with Gasteiger partial charge >= 0.3 is 0 Å². The molecule has 3 rings (SSSR count). The summed E-state index contributed by atoms with van der Waals surface area (Å²) in [4.78, 5) is 14.8. The third kappa shape index (κ3) is 4.09. The molecule has 1 N–H and O–H groups in total. The minimum absolute atomic E-state index is 0.0593. The number of hydrogen-bond acceptors (Lipinski definition) is 3. The molecule has 156 valence electrons. The number of nitriles is 1. The molecule has 1 heterocycles. The highest BCUT2D eigenvalue weighted by atomic mass is 19.1. The Kier molecular flexibility index (Phi) is 5.98. The number of halogens is 1. The second-order valence-corrected chi connectivity index (χ2v) is 8.53. The van der Waals surface area contributed by atoms with Gasteiger partial charge in [0.1, 0.15) is 17.5 Å². The van der Waals surface area contributed by atoms with Crippen molar-refractivity contribution in [3.05, 3.63) is 64.5 Å². The largest absolute Gasteiger partial charge is 0.366 e. The van der Waals surface area contributed by atoms with Crippen LogP contribution in [0.2, 0.25) is 0 Å². The number of carbonyl (C=O) groups is 1. The average Bonchev–Trinajstić information content (AvgIpc) is 2.68. The first-order valence-electron chi connectivity index (χ1n) is 10.3. The molecule has 1 aliphatic heterocycles. The highest BCUT2D eigenvalue weighted by Gasteiger charge is 2.36. The number of amides is 1. The number of para-hydroxylation sites is 1. The van der Waals surface area contributed by atoms with Crippen LogP contribution in [-0.2, 0) is 4.79 Å². The van der Waals surface area contributed by atoms with Crippen molar-refractivity contribution in [1.29, 1.82) is 5.26 Å². The molecule has 2 aromatic rings. The Morgan fingerprint density at radius 1 is 1.37 bits per heavy atom. The third-order valence-electron chi connectivity index (χ3n) is 5.88. The zero-order chi connectivity index (χ0) is 22.1. The van der Waals surface area contributed by atoms with Crippen LogP contribution in [0.5, 0.6) is 0 Å². The quantitative estimate of drug-likeness (QED) is 0.517. The first kappa shape index (κ1) is 21.6. The molecule has 2 aromatic carbocycles. The fourth-order valence-corrected chi connectivity index (χ4v) is 4.44. The zero-order valence-corrected chi connectivity index (χ0v) is 18.2. The van der Waals surface area contributed by atoms with Crippen LogP contribution < -0.4 is 10.2 Å². The van der Waals surface area contributed by atoms with Crippen molar-refractivity contribution in [2.75, 3.05) is 16.8 Å². The van der Waals surface area contributed by atoms with E-state index in [9.17, 15) is 10.1 Å². The average molecular weight is 406 g/mol. The fraction of sp³-hybridized carbons (Fsp3) is 0.360. The maximum absolute atomic E-state index is 15.0. The number of nitrogens with zero attached hydrogens (tertiary/aromatic N) is 2. The van der Waals surface area contributed by atoms with Crippen LogP contribution in [0.3, 0.4) is 0 Å². The van der Waals surface area contributed by atoms with Gasteiger partial charge in [-0.1, -0.05) is 25.1 Å². The van der Waals surface area contributed by atoms with Crippen LogP contribution in [-0.4, -0.2) is 18.0 Å². The molecule has 5 heteroatoms. The summed E-state index contributed by atoms with van der Waals surface area (Å²) in [5.41, 5.74) is 3.51. The number of nitrogens with one attached hydrogen (secondary N) is 1. The molecule has 0 spiro atoms. The van der Waals surface area contributed by atoms with Crippen molar-refractivity contribution >= 4 is 23.4 Å². The molecular formula is C25H28FN3O. The molecule has 0 saturated carbocycles. The molecule has 30 heavy (non-hydrogen) atoms. The van der Waals surface area contributed by atoms with Crippen LogP contribution in [0.15, 0.2) is 42.0 Å². The van der Waals surface area contributed by atoms with Gasteiger partial charge in [-0.15, -0.1) is 0 Å². The van der Waals surface area contributed by atoms with Crippen LogP contribution in [0.1, 0.15) is 56.7 Å². The molecule has 0 aliphatic carbocycles. The first-order chi connectivity index (χ1) is 14.2. The van der Waals surface area contributed by atoms with Crippen molar-refractivity contribution in [3.63, 3.8) is 0 Å². The summed E-state index contributed by atoms with van der Waals surface area (Å²) in [6.07, 6.45) is 2.29. The van der Waals surface area contributed by atoms with Crippen molar-refractivity contribution in [1.82, 2.24) is 0 Å². The summed E-state index contributed by atoms with van der Waals surface area (Å²) in [7, 11) is 0. The summed E-state index contributed by atoms with van der Waals surface area (Å²) >= 11 is 0. The summed E-state index contributed by atoms with van der Waals surface area (Å²) in [5, 5.41) is 12.3. The normalized spacial score (nSPS) is 17.8. The van der Waals surface area contributed by atoms with Gasteiger partial charge in [0.15, 0.2) is 0 Å². The molecule has 0 fully saturated rings. The number of hydrogen-bond donors (Lipinski definition) is 1. The molecular weight excluding hydrogens is 377 g/mol. The van der Waals surface area contributed by atoms with E-state index in [4.69, 9.17) is 0 Å². The predicted octanol–water partition coefficient (Wildman–Crippen LogP) is 5.79. The van der Waals surface area contributed by atoms with E-state index in [1.165, 1.54) is 12.1 Å². The second-order valence-electron chi connectivity index (χ2n) is 8.53. The van der Waals surface area contributed by atoms with E-state index in [0.29, 0.717) is 5.69 Å². The number of anilines is 2. The predicted molar refractivity (Wildman–Crippen MR) is 120 cm³/mol. The summed E-state index contributed by atoms with van der Waals surface area (Å²) in [5.74, 6) is -0.737. The zero-order valence-electron chi connectivity index (χ0n) is 18.2. The third-order valence-corrected chi connectivity index (χ3v) is 5.88. The van der Waals surface area contributed by atoms with E-state index in [-0.39, 0.29) is 22.6 Å². The molecule has 1 unspecified atom stereocenters. The van der Waals surface area contributed by atoms with Crippen molar-refractivity contribution < 1.29 is 9.18 Å². The van der Waals surface area contributed by atoms with Gasteiger partial charge in [-0.25, -0.2) is 4.39 Å². The van der Waals surface area contributed by atoms with E-state index in [0.717, 1.165) is 29.8 Å². The van der Waals surface area contributed by atoms with Gasteiger partial charge in [0, 0.05) is 29.0 Å². The van der Waals surface area contributed by atoms with Crippen molar-refractivity contribution in [2.45, 2.75) is 52.5 Å². The molecule has 1 atom stereocenters. The second kappa shape index (κ2) is 8.31. The van der Waals surface area contributed by atoms with Crippen LogP contribution in [0.4, 0.5) is 15.8 Å². The van der Waals surface area contributed by atoms with Crippen molar-refractivity contribution in [3.8, 4) is 6.07 Å². The summed E-state index contributed by atoms with van der Waals surface area (Å²) < 4.78 is 15.0. The monoisotopic (exact) mass is 405 g/mol. The summed E-state index contributed by atoms with van der Waals surface area (Å²) in [6, 6.07) is 12.6. The van der Waals surface area contributed by atoms with Gasteiger partial charge in [-0.2, -0.15) is 5.26 Å². The molecule has 1 amide bonds. The van der Waals surface area contributed by atoms with Crippen LogP contribution in [0.25, 0.3) is 6.08 Å². The van der Waals surface area contributed by atoms with E-state index in [2.05, 4.69) is 37.9 Å². The standard InChI is InChI=1S/C25H28FN3O/c1-6-29-23-13-21(26)18(12-20(23)17(3)14-25(29,4)5)11-19(15-27)24(30)28-22-10-8-7-9-16(22)2/h7-13,17H,6,14H2,1-5H3,(H,28,30)/b19-11+. The maximum Gasteiger partial charge on any atom is 0.266 e. The minimum atomic E-state index is -0.548. The Hall–Kier alpha value is -3.13. The lowest BCUT2D eigenvalue weighted by atomic mass is 9.79. The number of aryl methyl sites for hydroxylation is 1. The van der Waals surface area contributed by atoms with Gasteiger partial charge in [0.2, 0.25) is 0 Å². The highest BCUT2D eigenvalue weighted by Crippen LogP contribution is 2.44. The maximum atomic E-state index is 15.0. The smallest absolute Gasteiger partial charge is 0.266 e. The molecule has 0 aromatic heterocycles. The van der Waals surface area contributed by atoms with Crippen molar-refractivity contribution in [2.24, 2.45) is 0 Å². The number of fused-ring (bicyclic) bond motifs is 1.